The summed E-state index contributed by atoms with van der Waals surface area (Å²) in [6.07, 6.45) is 0. The number of thiazole rings is 1. The Kier molecular flexibility index (Phi) is 3.38. The number of Topliss-reactive ketones (excluding diaryl/α,β-unsaturated/α-hetero) is 1. The van der Waals surface area contributed by atoms with E-state index in [1.54, 1.807) is 6.92 Å². The van der Waals surface area contributed by atoms with Gasteiger partial charge in [0.1, 0.15) is 0 Å². The average molecular weight is 245 g/mol. The van der Waals surface area contributed by atoms with Gasteiger partial charge in [-0.25, -0.2) is 4.98 Å². The molecule has 0 bridgehead atoms. The number of nitrogens with zero attached hydrogens (tertiary/aromatic N) is 1. The molecule has 0 saturated carbocycles. The smallest absolute Gasteiger partial charge is 0.188 e. The first-order chi connectivity index (χ1) is 8.08. The van der Waals surface area contributed by atoms with Crippen molar-refractivity contribution >= 4 is 17.1 Å². The topological polar surface area (TPSA) is 30.0 Å². The fourth-order valence-corrected chi connectivity index (χ4v) is 2.34. The molecule has 1 heterocycles. The van der Waals surface area contributed by atoms with Gasteiger partial charge < -0.3 is 0 Å². The third kappa shape index (κ3) is 2.61. The average Bonchev–Trinajstić information content (AvgIpc) is 2.78. The molecular weight excluding hydrogens is 230 g/mol. The lowest BCUT2D eigenvalue weighted by molar-refractivity contribution is 0.101. The number of aromatic nitrogens is 1. The molecule has 0 aliphatic heterocycles. The van der Waals surface area contributed by atoms with E-state index in [2.05, 4.69) is 43.1 Å². The van der Waals surface area contributed by atoms with Crippen molar-refractivity contribution in [2.45, 2.75) is 26.7 Å². The second kappa shape index (κ2) is 4.80. The molecule has 0 fully saturated rings. The maximum atomic E-state index is 11.2. The highest BCUT2D eigenvalue weighted by atomic mass is 32.1. The maximum Gasteiger partial charge on any atom is 0.188 e. The first kappa shape index (κ1) is 12.0. The molecule has 0 amide bonds. The zero-order chi connectivity index (χ0) is 12.4. The van der Waals surface area contributed by atoms with Gasteiger partial charge in [0.25, 0.3) is 0 Å². The SMILES string of the molecule is CC(=O)c1nc(-c2ccc(C(C)C)cc2)cs1. The minimum atomic E-state index is 0.0278. The second-order valence-corrected chi connectivity index (χ2v) is 5.23. The lowest BCUT2D eigenvalue weighted by atomic mass is 10.0. The first-order valence-electron chi connectivity index (χ1n) is 5.64. The van der Waals surface area contributed by atoms with Gasteiger partial charge in [-0.1, -0.05) is 38.1 Å². The van der Waals surface area contributed by atoms with Crippen LogP contribution in [0.25, 0.3) is 11.3 Å². The van der Waals surface area contributed by atoms with Gasteiger partial charge in [0.15, 0.2) is 10.8 Å². The Labute approximate surface area is 105 Å². The summed E-state index contributed by atoms with van der Waals surface area (Å²) >= 11 is 1.40. The highest BCUT2D eigenvalue weighted by Crippen LogP contribution is 2.24. The van der Waals surface area contributed by atoms with Gasteiger partial charge >= 0.3 is 0 Å². The van der Waals surface area contributed by atoms with Crippen LogP contribution in [0.15, 0.2) is 29.6 Å². The quantitative estimate of drug-likeness (QED) is 0.761. The van der Waals surface area contributed by atoms with E-state index in [1.807, 2.05) is 5.38 Å². The summed E-state index contributed by atoms with van der Waals surface area (Å²) in [6.45, 7) is 5.89. The van der Waals surface area contributed by atoms with Crippen molar-refractivity contribution in [3.63, 3.8) is 0 Å². The normalized spacial score (nSPS) is 10.8. The van der Waals surface area contributed by atoms with Crippen LogP contribution in [0, 0.1) is 0 Å². The fraction of sp³-hybridized carbons (Fsp3) is 0.286. The number of benzene rings is 1. The van der Waals surface area contributed by atoms with E-state index in [0.29, 0.717) is 10.9 Å². The van der Waals surface area contributed by atoms with Gasteiger partial charge in [-0.3, -0.25) is 4.79 Å². The molecule has 0 aliphatic carbocycles. The van der Waals surface area contributed by atoms with Crippen molar-refractivity contribution in [1.82, 2.24) is 4.98 Å². The first-order valence-corrected chi connectivity index (χ1v) is 6.52. The van der Waals surface area contributed by atoms with Crippen LogP contribution in [0.4, 0.5) is 0 Å². The molecule has 0 N–H and O–H groups in total. The van der Waals surface area contributed by atoms with Crippen LogP contribution in [0.1, 0.15) is 42.1 Å². The largest absolute Gasteiger partial charge is 0.292 e. The molecule has 0 aliphatic rings. The Morgan fingerprint density at radius 3 is 2.35 bits per heavy atom. The number of ketones is 1. The van der Waals surface area contributed by atoms with E-state index >= 15 is 0 Å². The highest BCUT2D eigenvalue weighted by Gasteiger charge is 2.08. The Balaban J connectivity index is 2.30. The summed E-state index contributed by atoms with van der Waals surface area (Å²) < 4.78 is 0. The molecule has 0 saturated heterocycles. The number of rotatable bonds is 3. The van der Waals surface area contributed by atoms with Crippen molar-refractivity contribution in [1.29, 1.82) is 0 Å². The van der Waals surface area contributed by atoms with Gasteiger partial charge in [0, 0.05) is 17.9 Å². The molecule has 0 radical (unpaired) electrons. The second-order valence-electron chi connectivity index (χ2n) is 4.37. The van der Waals surface area contributed by atoms with Crippen LogP contribution in [-0.2, 0) is 0 Å². The van der Waals surface area contributed by atoms with Gasteiger partial charge in [-0.2, -0.15) is 0 Å². The van der Waals surface area contributed by atoms with Crippen molar-refractivity contribution in [2.24, 2.45) is 0 Å². The molecule has 3 heteroatoms. The molecule has 0 spiro atoms. The molecule has 0 atom stereocenters. The van der Waals surface area contributed by atoms with Crippen LogP contribution < -0.4 is 0 Å². The standard InChI is InChI=1S/C14H15NOS/c1-9(2)11-4-6-12(7-5-11)13-8-17-14(15-13)10(3)16/h4-9H,1-3H3. The van der Waals surface area contributed by atoms with E-state index in [0.717, 1.165) is 11.3 Å². The summed E-state index contributed by atoms with van der Waals surface area (Å²) in [5.74, 6) is 0.562. The Bertz CT molecular complexity index is 525. The molecule has 0 unspecified atom stereocenters. The summed E-state index contributed by atoms with van der Waals surface area (Å²) in [4.78, 5) is 15.5. The van der Waals surface area contributed by atoms with Crippen molar-refractivity contribution in [3.05, 3.63) is 40.2 Å². The van der Waals surface area contributed by atoms with Gasteiger partial charge in [-0.15, -0.1) is 11.3 Å². The number of hydrogen-bond donors (Lipinski definition) is 0. The van der Waals surface area contributed by atoms with Crippen LogP contribution in [0.2, 0.25) is 0 Å². The minimum absolute atomic E-state index is 0.0278. The lowest BCUT2D eigenvalue weighted by Gasteiger charge is -2.05. The van der Waals surface area contributed by atoms with Gasteiger partial charge in [-0.05, 0) is 11.5 Å². The molecule has 2 rings (SSSR count). The van der Waals surface area contributed by atoms with E-state index in [9.17, 15) is 4.79 Å². The van der Waals surface area contributed by atoms with Crippen LogP contribution >= 0.6 is 11.3 Å². The van der Waals surface area contributed by atoms with E-state index in [-0.39, 0.29) is 5.78 Å². The monoisotopic (exact) mass is 245 g/mol. The number of carbonyl (C=O) groups is 1. The molecule has 2 nitrogen and oxygen atoms in total. The third-order valence-corrected chi connectivity index (χ3v) is 3.62. The van der Waals surface area contributed by atoms with Crippen molar-refractivity contribution < 1.29 is 4.79 Å². The molecule has 1 aromatic heterocycles. The highest BCUT2D eigenvalue weighted by molar-refractivity contribution is 7.12. The third-order valence-electron chi connectivity index (χ3n) is 2.68. The zero-order valence-electron chi connectivity index (χ0n) is 10.2. The lowest BCUT2D eigenvalue weighted by Crippen LogP contribution is -1.90. The van der Waals surface area contributed by atoms with E-state index in [1.165, 1.54) is 16.9 Å². The number of hydrogen-bond acceptors (Lipinski definition) is 3. The van der Waals surface area contributed by atoms with Crippen molar-refractivity contribution in [2.75, 3.05) is 0 Å². The molecule has 1 aromatic carbocycles. The maximum absolute atomic E-state index is 11.2. The Morgan fingerprint density at radius 2 is 1.88 bits per heavy atom. The van der Waals surface area contributed by atoms with E-state index in [4.69, 9.17) is 0 Å². The predicted molar refractivity (Wildman–Crippen MR) is 71.6 cm³/mol. The van der Waals surface area contributed by atoms with Crippen molar-refractivity contribution in [3.8, 4) is 11.3 Å². The Morgan fingerprint density at radius 1 is 1.24 bits per heavy atom. The molecule has 17 heavy (non-hydrogen) atoms. The predicted octanol–water partition coefficient (Wildman–Crippen LogP) is 4.14. The minimum Gasteiger partial charge on any atom is -0.292 e. The van der Waals surface area contributed by atoms with Gasteiger partial charge in [0.05, 0.1) is 5.69 Å². The fourth-order valence-electron chi connectivity index (χ4n) is 1.61. The van der Waals surface area contributed by atoms with Crippen LogP contribution in [0.5, 0.6) is 0 Å². The Hall–Kier alpha value is -1.48. The molecule has 88 valence electrons. The summed E-state index contributed by atoms with van der Waals surface area (Å²) in [6, 6.07) is 8.36. The van der Waals surface area contributed by atoms with Crippen LogP contribution in [0.3, 0.4) is 0 Å². The summed E-state index contributed by atoms with van der Waals surface area (Å²) in [5, 5.41) is 2.51. The summed E-state index contributed by atoms with van der Waals surface area (Å²) in [7, 11) is 0. The molecular formula is C14H15NOS. The van der Waals surface area contributed by atoms with Crippen LogP contribution in [-0.4, -0.2) is 10.8 Å². The van der Waals surface area contributed by atoms with Gasteiger partial charge in [0.2, 0.25) is 0 Å². The molecule has 2 aromatic rings. The number of carbonyl (C=O) groups excluding carboxylic acids is 1. The summed E-state index contributed by atoms with van der Waals surface area (Å²) in [5.41, 5.74) is 3.27. The van der Waals surface area contributed by atoms with E-state index < -0.39 is 0 Å². The zero-order valence-corrected chi connectivity index (χ0v) is 11.0.